The lowest BCUT2D eigenvalue weighted by Gasteiger charge is -2.25. The molecule has 9 heteroatoms. The summed E-state index contributed by atoms with van der Waals surface area (Å²) < 4.78 is 24.9. The Bertz CT molecular complexity index is 1580. The molecule has 2 aromatic carbocycles. The number of para-hydroxylation sites is 1. The largest absolute Gasteiger partial charge is 0.493 e. The molecule has 0 fully saturated rings. The van der Waals surface area contributed by atoms with Gasteiger partial charge in [-0.2, -0.15) is 0 Å². The van der Waals surface area contributed by atoms with Gasteiger partial charge in [-0.25, -0.2) is 9.79 Å². The smallest absolute Gasteiger partial charge is 0.338 e. The van der Waals surface area contributed by atoms with Crippen molar-refractivity contribution in [2.75, 3.05) is 13.7 Å². The van der Waals surface area contributed by atoms with E-state index in [4.69, 9.17) is 18.9 Å². The molecule has 3 aromatic rings. The van der Waals surface area contributed by atoms with Gasteiger partial charge in [0.05, 0.1) is 47.8 Å². The van der Waals surface area contributed by atoms with Crippen LogP contribution in [0, 0.1) is 0 Å². The third-order valence-corrected chi connectivity index (χ3v) is 6.93. The Labute approximate surface area is 231 Å². The van der Waals surface area contributed by atoms with Crippen LogP contribution in [0.3, 0.4) is 0 Å². The molecule has 0 unspecified atom stereocenters. The van der Waals surface area contributed by atoms with Crippen LogP contribution in [-0.2, 0) is 9.53 Å². The van der Waals surface area contributed by atoms with Crippen LogP contribution < -0.4 is 29.1 Å². The van der Waals surface area contributed by atoms with Crippen molar-refractivity contribution in [2.45, 2.75) is 59.8 Å². The third kappa shape index (κ3) is 5.93. The van der Waals surface area contributed by atoms with Crippen molar-refractivity contribution in [3.05, 3.63) is 84.5 Å². The number of hydrogen-bond donors (Lipinski definition) is 0. The van der Waals surface area contributed by atoms with Crippen LogP contribution in [0.25, 0.3) is 6.08 Å². The molecule has 0 saturated carbocycles. The van der Waals surface area contributed by atoms with Gasteiger partial charge in [0.25, 0.3) is 5.56 Å². The minimum atomic E-state index is -0.758. The molecule has 0 spiro atoms. The minimum Gasteiger partial charge on any atom is -0.493 e. The fraction of sp³-hybridized carbons (Fsp3) is 0.367. The summed E-state index contributed by atoms with van der Waals surface area (Å²) >= 11 is 1.27. The van der Waals surface area contributed by atoms with Crippen molar-refractivity contribution < 1.29 is 23.7 Å². The number of thiazole rings is 1. The number of fused-ring (bicyclic) bond motifs is 1. The molecular weight excluding hydrogens is 516 g/mol. The molecule has 8 nitrogen and oxygen atoms in total. The lowest BCUT2D eigenvalue weighted by molar-refractivity contribution is -0.139. The van der Waals surface area contributed by atoms with E-state index < -0.39 is 12.0 Å². The van der Waals surface area contributed by atoms with Gasteiger partial charge in [-0.15, -0.1) is 0 Å². The molecule has 1 aliphatic rings. The Kier molecular flexibility index (Phi) is 8.60. The fourth-order valence-corrected chi connectivity index (χ4v) is 5.45. The van der Waals surface area contributed by atoms with E-state index in [9.17, 15) is 9.59 Å². The quantitative estimate of drug-likeness (QED) is 0.368. The van der Waals surface area contributed by atoms with Crippen LogP contribution in [0.5, 0.6) is 17.2 Å². The van der Waals surface area contributed by atoms with E-state index >= 15 is 0 Å². The zero-order chi connectivity index (χ0) is 28.3. The highest BCUT2D eigenvalue weighted by Gasteiger charge is 2.34. The van der Waals surface area contributed by atoms with Gasteiger partial charge in [0, 0.05) is 5.56 Å². The van der Waals surface area contributed by atoms with Gasteiger partial charge >= 0.3 is 5.97 Å². The van der Waals surface area contributed by atoms with E-state index in [2.05, 4.69) is 4.99 Å². The van der Waals surface area contributed by atoms with E-state index in [1.165, 1.54) is 11.3 Å². The maximum absolute atomic E-state index is 13.9. The van der Waals surface area contributed by atoms with Gasteiger partial charge in [-0.1, -0.05) is 35.6 Å². The van der Waals surface area contributed by atoms with Gasteiger partial charge < -0.3 is 18.9 Å². The van der Waals surface area contributed by atoms with E-state index in [1.807, 2.05) is 64.1 Å². The van der Waals surface area contributed by atoms with Crippen molar-refractivity contribution in [1.29, 1.82) is 0 Å². The summed E-state index contributed by atoms with van der Waals surface area (Å²) in [6.07, 6.45) is 1.73. The van der Waals surface area contributed by atoms with Crippen molar-refractivity contribution >= 4 is 23.4 Å². The maximum Gasteiger partial charge on any atom is 0.338 e. The molecule has 39 heavy (non-hydrogen) atoms. The first-order valence-corrected chi connectivity index (χ1v) is 13.8. The lowest BCUT2D eigenvalue weighted by Crippen LogP contribution is -2.40. The van der Waals surface area contributed by atoms with Gasteiger partial charge in [0.15, 0.2) is 16.3 Å². The van der Waals surface area contributed by atoms with E-state index in [1.54, 1.807) is 37.7 Å². The maximum atomic E-state index is 13.9. The zero-order valence-corrected chi connectivity index (χ0v) is 24.1. The molecule has 206 valence electrons. The number of aromatic nitrogens is 1. The molecule has 1 aromatic heterocycles. The number of ether oxygens (including phenoxy) is 4. The number of benzene rings is 2. The standard InChI is InChI=1S/C30H34N2O6S/c1-8-36-29(34)26-19(6)31-30-32(27(26)21-13-14-23(38-18(4)5)24(15-21)35-7)28(33)25(39-30)16-20-11-9-10-12-22(20)37-17(2)3/h9-18,27H,8H2,1-7H3/b25-16+/t27-/m0/s1. The number of allylic oxidation sites excluding steroid dienone is 1. The summed E-state index contributed by atoms with van der Waals surface area (Å²) in [4.78, 5) is 32.3. The molecule has 2 heterocycles. The fourth-order valence-electron chi connectivity index (χ4n) is 4.41. The first-order chi connectivity index (χ1) is 18.6. The van der Waals surface area contributed by atoms with Crippen LogP contribution >= 0.6 is 11.3 Å². The molecule has 0 radical (unpaired) electrons. The highest BCUT2D eigenvalue weighted by molar-refractivity contribution is 7.07. The first-order valence-electron chi connectivity index (χ1n) is 12.9. The first kappa shape index (κ1) is 28.2. The summed E-state index contributed by atoms with van der Waals surface area (Å²) in [6, 6.07) is 12.2. The topological polar surface area (TPSA) is 88.4 Å². The summed E-state index contributed by atoms with van der Waals surface area (Å²) in [5, 5.41) is 0. The molecule has 1 atom stereocenters. The number of esters is 1. The Morgan fingerprint density at radius 1 is 1.05 bits per heavy atom. The van der Waals surface area contributed by atoms with Crippen LogP contribution in [0.15, 0.2) is 63.5 Å². The Morgan fingerprint density at radius 2 is 1.74 bits per heavy atom. The monoisotopic (exact) mass is 550 g/mol. The Morgan fingerprint density at radius 3 is 2.41 bits per heavy atom. The Balaban J connectivity index is 1.94. The van der Waals surface area contributed by atoms with Crippen LogP contribution in [-0.4, -0.2) is 36.5 Å². The summed E-state index contributed by atoms with van der Waals surface area (Å²) in [7, 11) is 1.56. The molecule has 0 aliphatic carbocycles. The number of carbonyl (C=O) groups is 1. The van der Waals surface area contributed by atoms with Gasteiger partial charge in [0.2, 0.25) is 0 Å². The highest BCUT2D eigenvalue weighted by atomic mass is 32.1. The predicted octanol–water partition coefficient (Wildman–Crippen LogP) is 4.38. The number of methoxy groups -OCH3 is 1. The highest BCUT2D eigenvalue weighted by Crippen LogP contribution is 2.36. The SMILES string of the molecule is CCOC(=O)C1=C(C)N=c2s/c(=C/c3ccccc3OC(C)C)c(=O)n2[C@H]1c1ccc(OC(C)C)c(OC)c1. The number of hydrogen-bond acceptors (Lipinski definition) is 8. The second-order valence-corrected chi connectivity index (χ2v) is 10.6. The summed E-state index contributed by atoms with van der Waals surface area (Å²) in [6.45, 7) is 11.5. The number of rotatable bonds is 9. The van der Waals surface area contributed by atoms with Gasteiger partial charge in [-0.3, -0.25) is 9.36 Å². The van der Waals surface area contributed by atoms with Crippen LogP contribution in [0.2, 0.25) is 0 Å². The summed E-state index contributed by atoms with van der Waals surface area (Å²) in [5.74, 6) is 1.24. The molecule has 0 bridgehead atoms. The van der Waals surface area contributed by atoms with Gasteiger partial charge in [0.1, 0.15) is 5.75 Å². The van der Waals surface area contributed by atoms with Crippen LogP contribution in [0.1, 0.15) is 58.7 Å². The minimum absolute atomic E-state index is 0.0202. The van der Waals surface area contributed by atoms with Crippen molar-refractivity contribution in [3.63, 3.8) is 0 Å². The van der Waals surface area contributed by atoms with Gasteiger partial charge in [-0.05, 0) is 71.4 Å². The molecular formula is C30H34N2O6S. The second-order valence-electron chi connectivity index (χ2n) is 9.58. The van der Waals surface area contributed by atoms with Crippen molar-refractivity contribution in [1.82, 2.24) is 4.57 Å². The predicted molar refractivity (Wildman–Crippen MR) is 151 cm³/mol. The molecule has 0 amide bonds. The average Bonchev–Trinajstić information content (AvgIpc) is 3.18. The number of carbonyl (C=O) groups excluding carboxylic acids is 1. The van der Waals surface area contributed by atoms with Crippen LogP contribution in [0.4, 0.5) is 0 Å². The number of nitrogens with zero attached hydrogens (tertiary/aromatic N) is 2. The van der Waals surface area contributed by atoms with Crippen molar-refractivity contribution in [3.8, 4) is 17.2 Å². The molecule has 1 aliphatic heterocycles. The zero-order valence-electron chi connectivity index (χ0n) is 23.3. The van der Waals surface area contributed by atoms with E-state index in [0.717, 1.165) is 5.56 Å². The second kappa shape index (κ2) is 11.9. The average molecular weight is 551 g/mol. The Hall–Kier alpha value is -3.85. The van der Waals surface area contributed by atoms with E-state index in [0.29, 0.717) is 43.4 Å². The van der Waals surface area contributed by atoms with Crippen molar-refractivity contribution in [2.24, 2.45) is 4.99 Å². The molecule has 4 rings (SSSR count). The molecule has 0 N–H and O–H groups in total. The van der Waals surface area contributed by atoms with E-state index in [-0.39, 0.29) is 24.4 Å². The summed E-state index contributed by atoms with van der Waals surface area (Å²) in [5.41, 5.74) is 2.00. The normalized spacial score (nSPS) is 15.3. The third-order valence-electron chi connectivity index (χ3n) is 5.95. The molecule has 0 saturated heterocycles. The lowest BCUT2D eigenvalue weighted by atomic mass is 9.95.